The SMILES string of the molecule is COc1cccc(C2=NO[C@@]3(CC(=O)N(c4c(C)cccc4C)C3=O)C2)c1OC. The molecule has 7 nitrogen and oxygen atoms in total. The van der Waals surface area contributed by atoms with Crippen molar-refractivity contribution in [2.75, 3.05) is 19.1 Å². The van der Waals surface area contributed by atoms with E-state index in [1.165, 1.54) is 4.90 Å². The molecule has 150 valence electrons. The summed E-state index contributed by atoms with van der Waals surface area (Å²) in [5.74, 6) is 0.388. The molecule has 0 bridgehead atoms. The summed E-state index contributed by atoms with van der Waals surface area (Å²) in [5, 5.41) is 4.16. The Kier molecular flexibility index (Phi) is 4.53. The molecule has 1 atom stereocenters. The summed E-state index contributed by atoms with van der Waals surface area (Å²) >= 11 is 0. The fourth-order valence-corrected chi connectivity index (χ4v) is 4.05. The van der Waals surface area contributed by atoms with Crippen LogP contribution in [0, 0.1) is 13.8 Å². The van der Waals surface area contributed by atoms with Gasteiger partial charge in [0, 0.05) is 12.0 Å². The number of anilines is 1. The number of carbonyl (C=O) groups excluding carboxylic acids is 2. The van der Waals surface area contributed by atoms with Gasteiger partial charge in [-0.1, -0.05) is 29.4 Å². The second-order valence-electron chi connectivity index (χ2n) is 7.29. The molecule has 0 aromatic heterocycles. The standard InChI is InChI=1S/C22H22N2O5/c1-13-7-5-8-14(2)19(13)24-18(25)12-22(21(24)26)11-16(23-29-22)15-9-6-10-17(27-3)20(15)28-4/h5-10H,11-12H2,1-4H3/t22-/m1/s1. The minimum Gasteiger partial charge on any atom is -0.493 e. The van der Waals surface area contributed by atoms with E-state index in [1.807, 2.05) is 44.2 Å². The van der Waals surface area contributed by atoms with Gasteiger partial charge in [0.25, 0.3) is 5.91 Å². The highest BCUT2D eigenvalue weighted by Crippen LogP contribution is 2.42. The number of methoxy groups -OCH3 is 2. The highest BCUT2D eigenvalue weighted by molar-refractivity contribution is 6.26. The molecule has 1 spiro atoms. The van der Waals surface area contributed by atoms with Gasteiger partial charge in [-0.2, -0.15) is 0 Å². The van der Waals surface area contributed by atoms with Gasteiger partial charge in [0.2, 0.25) is 11.5 Å². The molecular weight excluding hydrogens is 372 g/mol. The van der Waals surface area contributed by atoms with Crippen LogP contribution in [0.2, 0.25) is 0 Å². The molecule has 2 amide bonds. The van der Waals surface area contributed by atoms with E-state index >= 15 is 0 Å². The highest BCUT2D eigenvalue weighted by atomic mass is 16.7. The first-order chi connectivity index (χ1) is 13.9. The largest absolute Gasteiger partial charge is 0.493 e. The average Bonchev–Trinajstić information content (AvgIpc) is 3.23. The number of oxime groups is 1. The van der Waals surface area contributed by atoms with Crippen LogP contribution in [0.4, 0.5) is 5.69 Å². The highest BCUT2D eigenvalue weighted by Gasteiger charge is 2.58. The van der Waals surface area contributed by atoms with Crippen molar-refractivity contribution in [3.05, 3.63) is 53.1 Å². The van der Waals surface area contributed by atoms with Gasteiger partial charge in [0.1, 0.15) is 0 Å². The van der Waals surface area contributed by atoms with Gasteiger partial charge < -0.3 is 14.3 Å². The first-order valence-corrected chi connectivity index (χ1v) is 9.32. The van der Waals surface area contributed by atoms with E-state index in [1.54, 1.807) is 20.3 Å². The third-order valence-corrected chi connectivity index (χ3v) is 5.44. The van der Waals surface area contributed by atoms with E-state index in [0.29, 0.717) is 28.5 Å². The van der Waals surface area contributed by atoms with Gasteiger partial charge in [0.05, 0.1) is 32.0 Å². The number of imide groups is 1. The van der Waals surface area contributed by atoms with Crippen LogP contribution in [-0.2, 0) is 14.4 Å². The quantitative estimate of drug-likeness (QED) is 0.745. The number of ether oxygens (including phenoxy) is 2. The average molecular weight is 394 g/mol. The van der Waals surface area contributed by atoms with Crippen molar-refractivity contribution >= 4 is 23.2 Å². The zero-order chi connectivity index (χ0) is 20.8. The fourth-order valence-electron chi connectivity index (χ4n) is 4.05. The Morgan fingerprint density at radius 2 is 1.69 bits per heavy atom. The lowest BCUT2D eigenvalue weighted by molar-refractivity contribution is -0.136. The van der Waals surface area contributed by atoms with E-state index in [9.17, 15) is 9.59 Å². The predicted octanol–water partition coefficient (Wildman–Crippen LogP) is 3.15. The number of benzene rings is 2. The number of rotatable bonds is 4. The maximum Gasteiger partial charge on any atom is 0.281 e. The van der Waals surface area contributed by atoms with Crippen molar-refractivity contribution in [3.63, 3.8) is 0 Å². The van der Waals surface area contributed by atoms with Crippen LogP contribution in [-0.4, -0.2) is 37.3 Å². The topological polar surface area (TPSA) is 77.4 Å². The lowest BCUT2D eigenvalue weighted by Gasteiger charge is -2.22. The summed E-state index contributed by atoms with van der Waals surface area (Å²) in [6.45, 7) is 3.76. The van der Waals surface area contributed by atoms with Crippen molar-refractivity contribution < 1.29 is 23.9 Å². The number of hydrogen-bond acceptors (Lipinski definition) is 6. The van der Waals surface area contributed by atoms with Crippen LogP contribution in [0.3, 0.4) is 0 Å². The Hall–Kier alpha value is -3.35. The van der Waals surface area contributed by atoms with Crippen molar-refractivity contribution in [1.29, 1.82) is 0 Å². The monoisotopic (exact) mass is 394 g/mol. The number of aryl methyl sites for hydroxylation is 2. The Morgan fingerprint density at radius 1 is 1.00 bits per heavy atom. The maximum absolute atomic E-state index is 13.4. The summed E-state index contributed by atoms with van der Waals surface area (Å²) in [4.78, 5) is 33.1. The van der Waals surface area contributed by atoms with Gasteiger partial charge in [-0.15, -0.1) is 0 Å². The minimum absolute atomic E-state index is 0.0567. The molecular formula is C22H22N2O5. The van der Waals surface area contributed by atoms with E-state index in [0.717, 1.165) is 11.1 Å². The molecule has 1 saturated heterocycles. The molecule has 0 aliphatic carbocycles. The van der Waals surface area contributed by atoms with Crippen LogP contribution < -0.4 is 14.4 Å². The van der Waals surface area contributed by atoms with Crippen LogP contribution in [0.15, 0.2) is 41.6 Å². The van der Waals surface area contributed by atoms with Crippen molar-refractivity contribution in [1.82, 2.24) is 0 Å². The predicted molar refractivity (Wildman–Crippen MR) is 108 cm³/mol. The van der Waals surface area contributed by atoms with E-state index in [4.69, 9.17) is 14.3 Å². The zero-order valence-electron chi connectivity index (χ0n) is 16.8. The fraction of sp³-hybridized carbons (Fsp3) is 0.318. The molecule has 0 saturated carbocycles. The van der Waals surface area contributed by atoms with Crippen LogP contribution in [0.1, 0.15) is 29.5 Å². The maximum atomic E-state index is 13.4. The summed E-state index contributed by atoms with van der Waals surface area (Å²) in [7, 11) is 3.10. The smallest absolute Gasteiger partial charge is 0.281 e. The lowest BCUT2D eigenvalue weighted by atomic mass is 9.92. The Labute approximate surface area is 168 Å². The summed E-state index contributed by atoms with van der Waals surface area (Å²) < 4.78 is 10.8. The third kappa shape index (κ3) is 2.85. The molecule has 0 N–H and O–H groups in total. The molecule has 0 radical (unpaired) electrons. The van der Waals surface area contributed by atoms with Gasteiger partial charge in [-0.25, -0.2) is 4.90 Å². The Bertz CT molecular complexity index is 1030. The van der Waals surface area contributed by atoms with Crippen LogP contribution in [0.5, 0.6) is 11.5 Å². The van der Waals surface area contributed by atoms with E-state index in [2.05, 4.69) is 5.16 Å². The molecule has 2 aromatic carbocycles. The number of hydrogen-bond donors (Lipinski definition) is 0. The number of carbonyl (C=O) groups is 2. The molecule has 1 fully saturated rings. The van der Waals surface area contributed by atoms with E-state index in [-0.39, 0.29) is 24.7 Å². The van der Waals surface area contributed by atoms with Crippen LogP contribution in [0.25, 0.3) is 0 Å². The normalized spacial score (nSPS) is 20.8. The van der Waals surface area contributed by atoms with Gasteiger partial charge in [0.15, 0.2) is 11.5 Å². The number of nitrogens with zero attached hydrogens (tertiary/aromatic N) is 2. The molecule has 29 heavy (non-hydrogen) atoms. The summed E-state index contributed by atoms with van der Waals surface area (Å²) in [6.07, 6.45) is 0.126. The molecule has 2 aromatic rings. The van der Waals surface area contributed by atoms with Gasteiger partial charge in [-0.05, 0) is 37.1 Å². The van der Waals surface area contributed by atoms with Gasteiger partial charge >= 0.3 is 0 Å². The van der Waals surface area contributed by atoms with Gasteiger partial charge in [-0.3, -0.25) is 9.59 Å². The van der Waals surface area contributed by atoms with Crippen molar-refractivity contribution in [3.8, 4) is 11.5 Å². The molecule has 2 aliphatic heterocycles. The molecule has 2 heterocycles. The Balaban J connectivity index is 1.68. The van der Waals surface area contributed by atoms with Crippen molar-refractivity contribution in [2.24, 2.45) is 5.16 Å². The molecule has 0 unspecified atom stereocenters. The molecule has 4 rings (SSSR count). The molecule has 2 aliphatic rings. The van der Waals surface area contributed by atoms with Crippen molar-refractivity contribution in [2.45, 2.75) is 32.3 Å². The zero-order valence-corrected chi connectivity index (χ0v) is 16.8. The second-order valence-corrected chi connectivity index (χ2v) is 7.29. The first-order valence-electron chi connectivity index (χ1n) is 9.32. The first kappa shape index (κ1) is 19.0. The molecule has 7 heteroatoms. The minimum atomic E-state index is -1.32. The third-order valence-electron chi connectivity index (χ3n) is 5.44. The summed E-state index contributed by atoms with van der Waals surface area (Å²) in [5.41, 5.74) is 2.24. The van der Waals surface area contributed by atoms with E-state index < -0.39 is 5.60 Å². The lowest BCUT2D eigenvalue weighted by Crippen LogP contribution is -2.41. The summed E-state index contributed by atoms with van der Waals surface area (Å²) in [6, 6.07) is 11.1. The Morgan fingerprint density at radius 3 is 2.34 bits per heavy atom. The van der Waals surface area contributed by atoms with Crippen LogP contribution >= 0.6 is 0 Å². The second kappa shape index (κ2) is 6.92. The number of para-hydroxylation sites is 2. The number of amides is 2.